The molecule has 38 heavy (non-hydrogen) atoms. The van der Waals surface area contributed by atoms with Gasteiger partial charge >= 0.3 is 0 Å². The molecule has 1 heterocycles. The van der Waals surface area contributed by atoms with Crippen molar-refractivity contribution in [2.24, 2.45) is 5.92 Å². The maximum absolute atomic E-state index is 13.3. The van der Waals surface area contributed by atoms with Gasteiger partial charge in [-0.25, -0.2) is 0 Å². The minimum Gasteiger partial charge on any atom is -0.508 e. The van der Waals surface area contributed by atoms with E-state index in [0.29, 0.717) is 36.0 Å². The van der Waals surface area contributed by atoms with E-state index in [-0.39, 0.29) is 23.6 Å². The van der Waals surface area contributed by atoms with Crippen LogP contribution >= 0.6 is 0 Å². The number of carbonyl (C=O) groups excluding carboxylic acids is 2. The van der Waals surface area contributed by atoms with Crippen molar-refractivity contribution in [2.75, 3.05) is 13.2 Å². The lowest BCUT2D eigenvalue weighted by Gasteiger charge is -2.25. The van der Waals surface area contributed by atoms with Crippen molar-refractivity contribution in [1.82, 2.24) is 4.90 Å². The molecule has 0 radical (unpaired) electrons. The van der Waals surface area contributed by atoms with E-state index in [9.17, 15) is 19.8 Å². The predicted molar refractivity (Wildman–Crippen MR) is 145 cm³/mol. The summed E-state index contributed by atoms with van der Waals surface area (Å²) < 4.78 is 11.4. The number of rotatable bonds is 10. The number of likely N-dealkylation sites (tertiary alicyclic amines) is 1. The SMILES string of the molecule is CCCOc1ccc(/C(O)=C2/C(=O)C(=O)N(Cc3ccc(OCC(C)C)cc3)C2c2ccc(O)cc2)cc1. The summed E-state index contributed by atoms with van der Waals surface area (Å²) >= 11 is 0. The highest BCUT2D eigenvalue weighted by Gasteiger charge is 2.46. The van der Waals surface area contributed by atoms with E-state index in [2.05, 4.69) is 13.8 Å². The van der Waals surface area contributed by atoms with Gasteiger partial charge in [0, 0.05) is 12.1 Å². The number of ether oxygens (including phenoxy) is 2. The molecule has 2 N–H and O–H groups in total. The second-order valence-electron chi connectivity index (χ2n) is 9.74. The first-order valence-electron chi connectivity index (χ1n) is 12.8. The fourth-order valence-corrected chi connectivity index (χ4v) is 4.28. The number of carbonyl (C=O) groups is 2. The second-order valence-corrected chi connectivity index (χ2v) is 9.74. The van der Waals surface area contributed by atoms with Crippen LogP contribution < -0.4 is 9.47 Å². The Hall–Kier alpha value is -4.26. The lowest BCUT2D eigenvalue weighted by Crippen LogP contribution is -2.29. The summed E-state index contributed by atoms with van der Waals surface area (Å²) in [5.41, 5.74) is 1.82. The third kappa shape index (κ3) is 5.99. The molecular formula is C31H33NO6. The molecular weight excluding hydrogens is 482 g/mol. The quantitative estimate of drug-likeness (QED) is 0.200. The van der Waals surface area contributed by atoms with Gasteiger partial charge in [-0.3, -0.25) is 9.59 Å². The number of ketones is 1. The first-order chi connectivity index (χ1) is 18.3. The van der Waals surface area contributed by atoms with Crippen molar-refractivity contribution in [3.05, 3.63) is 95.1 Å². The van der Waals surface area contributed by atoms with E-state index >= 15 is 0 Å². The fourth-order valence-electron chi connectivity index (χ4n) is 4.28. The molecule has 0 aromatic heterocycles. The number of benzene rings is 3. The Morgan fingerprint density at radius 3 is 2.11 bits per heavy atom. The van der Waals surface area contributed by atoms with Gasteiger partial charge < -0.3 is 24.6 Å². The molecule has 1 unspecified atom stereocenters. The van der Waals surface area contributed by atoms with Crippen molar-refractivity contribution in [2.45, 2.75) is 39.8 Å². The molecule has 1 aliphatic rings. The van der Waals surface area contributed by atoms with Crippen LogP contribution in [0, 0.1) is 5.92 Å². The zero-order valence-corrected chi connectivity index (χ0v) is 21.9. The molecule has 3 aromatic carbocycles. The Bertz CT molecular complexity index is 1290. The molecule has 0 aliphatic carbocycles. The van der Waals surface area contributed by atoms with Crippen molar-refractivity contribution in [3.63, 3.8) is 0 Å². The summed E-state index contributed by atoms with van der Waals surface area (Å²) in [5, 5.41) is 21.1. The molecule has 0 saturated carbocycles. The van der Waals surface area contributed by atoms with Gasteiger partial charge in [-0.05, 0) is 72.0 Å². The number of amides is 1. The van der Waals surface area contributed by atoms with Gasteiger partial charge in [0.1, 0.15) is 23.0 Å². The molecule has 4 rings (SSSR count). The zero-order valence-electron chi connectivity index (χ0n) is 21.9. The largest absolute Gasteiger partial charge is 0.508 e. The number of hydrogen-bond donors (Lipinski definition) is 2. The van der Waals surface area contributed by atoms with Crippen molar-refractivity contribution < 1.29 is 29.3 Å². The van der Waals surface area contributed by atoms with E-state index in [1.807, 2.05) is 31.2 Å². The number of aromatic hydroxyl groups is 1. The van der Waals surface area contributed by atoms with Crippen LogP contribution in [0.1, 0.15) is 49.9 Å². The molecule has 0 spiro atoms. The van der Waals surface area contributed by atoms with Gasteiger partial charge in [-0.1, -0.05) is 45.0 Å². The number of nitrogens with zero attached hydrogens (tertiary/aromatic N) is 1. The normalized spacial score (nSPS) is 16.7. The van der Waals surface area contributed by atoms with E-state index in [4.69, 9.17) is 9.47 Å². The minimum absolute atomic E-state index is 0.000182. The first kappa shape index (κ1) is 26.8. The Balaban J connectivity index is 1.69. The number of aliphatic hydroxyl groups is 1. The van der Waals surface area contributed by atoms with Crippen LogP contribution in [0.5, 0.6) is 17.2 Å². The molecule has 1 atom stereocenters. The summed E-state index contributed by atoms with van der Waals surface area (Å²) in [7, 11) is 0. The van der Waals surface area contributed by atoms with Crippen LogP contribution in [0.25, 0.3) is 5.76 Å². The van der Waals surface area contributed by atoms with Gasteiger partial charge in [0.05, 0.1) is 24.8 Å². The second kappa shape index (κ2) is 11.9. The molecule has 7 nitrogen and oxygen atoms in total. The van der Waals surface area contributed by atoms with Crippen molar-refractivity contribution >= 4 is 17.4 Å². The average Bonchev–Trinajstić information content (AvgIpc) is 3.16. The maximum Gasteiger partial charge on any atom is 0.295 e. The fraction of sp³-hybridized carbons (Fsp3) is 0.290. The van der Waals surface area contributed by atoms with E-state index in [1.54, 1.807) is 36.4 Å². The van der Waals surface area contributed by atoms with Crippen LogP contribution in [-0.4, -0.2) is 40.0 Å². The summed E-state index contributed by atoms with van der Waals surface area (Å²) in [6.07, 6.45) is 0.867. The van der Waals surface area contributed by atoms with Gasteiger partial charge in [-0.15, -0.1) is 0 Å². The number of Topliss-reactive ketones (excluding diaryl/α,β-unsaturated/α-hetero) is 1. The molecule has 0 bridgehead atoms. The van der Waals surface area contributed by atoms with Crippen molar-refractivity contribution in [3.8, 4) is 17.2 Å². The Labute approximate surface area is 222 Å². The average molecular weight is 516 g/mol. The first-order valence-corrected chi connectivity index (χ1v) is 12.8. The summed E-state index contributed by atoms with van der Waals surface area (Å²) in [6, 6.07) is 19.6. The van der Waals surface area contributed by atoms with Crippen LogP contribution in [0.15, 0.2) is 78.4 Å². The third-order valence-electron chi connectivity index (χ3n) is 6.21. The standard InChI is InChI=1S/C31H33NO6/c1-4-17-37-25-15-9-23(10-16-25)29(34)27-28(22-7-11-24(33)12-8-22)32(31(36)30(27)35)18-21-5-13-26(14-6-21)38-19-20(2)3/h5-16,20,28,33-34H,4,17-19H2,1-3H3/b29-27-. The molecule has 1 aliphatic heterocycles. The third-order valence-corrected chi connectivity index (χ3v) is 6.21. The number of phenols is 1. The van der Waals surface area contributed by atoms with Crippen LogP contribution in [0.4, 0.5) is 0 Å². The zero-order chi connectivity index (χ0) is 27.2. The van der Waals surface area contributed by atoms with E-state index in [0.717, 1.165) is 17.7 Å². The number of hydrogen-bond acceptors (Lipinski definition) is 6. The minimum atomic E-state index is -0.830. The maximum atomic E-state index is 13.3. The Morgan fingerprint density at radius 1 is 0.895 bits per heavy atom. The highest BCUT2D eigenvalue weighted by molar-refractivity contribution is 6.46. The predicted octanol–water partition coefficient (Wildman–Crippen LogP) is 5.84. The topological polar surface area (TPSA) is 96.3 Å². The molecule has 1 fully saturated rings. The highest BCUT2D eigenvalue weighted by atomic mass is 16.5. The summed E-state index contributed by atoms with van der Waals surface area (Å²) in [6.45, 7) is 7.48. The Morgan fingerprint density at radius 2 is 1.50 bits per heavy atom. The lowest BCUT2D eigenvalue weighted by molar-refractivity contribution is -0.140. The monoisotopic (exact) mass is 515 g/mol. The van der Waals surface area contributed by atoms with Crippen LogP contribution in [-0.2, 0) is 16.1 Å². The van der Waals surface area contributed by atoms with E-state index < -0.39 is 17.7 Å². The number of phenolic OH excluding ortho intramolecular Hbond substituents is 1. The van der Waals surface area contributed by atoms with Crippen molar-refractivity contribution in [1.29, 1.82) is 0 Å². The lowest BCUT2D eigenvalue weighted by atomic mass is 9.95. The molecule has 7 heteroatoms. The smallest absolute Gasteiger partial charge is 0.295 e. The van der Waals surface area contributed by atoms with E-state index in [1.165, 1.54) is 17.0 Å². The van der Waals surface area contributed by atoms with Crippen LogP contribution in [0.3, 0.4) is 0 Å². The molecule has 1 amide bonds. The van der Waals surface area contributed by atoms with Gasteiger partial charge in [-0.2, -0.15) is 0 Å². The van der Waals surface area contributed by atoms with Crippen LogP contribution in [0.2, 0.25) is 0 Å². The molecule has 3 aromatic rings. The highest BCUT2D eigenvalue weighted by Crippen LogP contribution is 2.41. The summed E-state index contributed by atoms with van der Waals surface area (Å²) in [4.78, 5) is 28.0. The number of aliphatic hydroxyl groups excluding tert-OH is 1. The van der Waals surface area contributed by atoms with Gasteiger partial charge in [0.15, 0.2) is 0 Å². The Kier molecular flexibility index (Phi) is 8.36. The summed E-state index contributed by atoms with van der Waals surface area (Å²) in [5.74, 6) is 0.114. The molecule has 198 valence electrons. The molecule has 1 saturated heterocycles. The van der Waals surface area contributed by atoms with Gasteiger partial charge in [0.2, 0.25) is 0 Å². The van der Waals surface area contributed by atoms with Gasteiger partial charge in [0.25, 0.3) is 11.7 Å².